The van der Waals surface area contributed by atoms with Crippen LogP contribution in [-0.2, 0) is 24.4 Å². The number of nitrogens with one attached hydrogen (secondary N) is 1. The lowest BCUT2D eigenvalue weighted by Crippen LogP contribution is -2.41. The van der Waals surface area contributed by atoms with Gasteiger partial charge in [0, 0.05) is 52.1 Å². The van der Waals surface area contributed by atoms with E-state index in [9.17, 15) is 0 Å². The summed E-state index contributed by atoms with van der Waals surface area (Å²) in [4.78, 5) is 17.8. The molecule has 0 amide bonds. The third-order valence-corrected chi connectivity index (χ3v) is 4.87. The molecule has 1 atom stereocenters. The fourth-order valence-electron chi connectivity index (χ4n) is 3.41. The van der Waals surface area contributed by atoms with E-state index in [1.807, 2.05) is 25.1 Å². The van der Waals surface area contributed by atoms with Crippen molar-refractivity contribution in [1.82, 2.24) is 24.4 Å². The van der Waals surface area contributed by atoms with E-state index in [-0.39, 0.29) is 0 Å². The van der Waals surface area contributed by atoms with Crippen molar-refractivity contribution in [2.24, 2.45) is 0 Å². The SMILES string of the molecule is CN(C)c1cc(NCc2cn3c(n2)CN(C2CCOC2)CC3)ncn1. The lowest BCUT2D eigenvalue weighted by molar-refractivity contribution is 0.121. The normalized spacial score (nSPS) is 20.5. The topological polar surface area (TPSA) is 71.3 Å². The number of imidazole rings is 1. The Balaban J connectivity index is 1.39. The fraction of sp³-hybridized carbons (Fsp3) is 0.588. The van der Waals surface area contributed by atoms with Gasteiger partial charge in [-0.1, -0.05) is 0 Å². The van der Waals surface area contributed by atoms with Crippen LogP contribution in [0.15, 0.2) is 18.6 Å². The number of nitrogens with zero attached hydrogens (tertiary/aromatic N) is 6. The van der Waals surface area contributed by atoms with Crippen molar-refractivity contribution >= 4 is 11.6 Å². The van der Waals surface area contributed by atoms with Gasteiger partial charge in [-0.3, -0.25) is 4.90 Å². The van der Waals surface area contributed by atoms with Crippen molar-refractivity contribution < 1.29 is 4.74 Å². The molecule has 0 spiro atoms. The third-order valence-electron chi connectivity index (χ3n) is 4.87. The van der Waals surface area contributed by atoms with Crippen LogP contribution >= 0.6 is 0 Å². The number of rotatable bonds is 5. The predicted octanol–water partition coefficient (Wildman–Crippen LogP) is 0.956. The van der Waals surface area contributed by atoms with Gasteiger partial charge in [-0.2, -0.15) is 0 Å². The average Bonchev–Trinajstić information content (AvgIpc) is 3.28. The minimum Gasteiger partial charge on any atom is -0.380 e. The van der Waals surface area contributed by atoms with Crippen molar-refractivity contribution in [1.29, 1.82) is 0 Å². The summed E-state index contributed by atoms with van der Waals surface area (Å²) >= 11 is 0. The molecule has 0 saturated carbocycles. The maximum absolute atomic E-state index is 5.52. The highest BCUT2D eigenvalue weighted by atomic mass is 16.5. The van der Waals surface area contributed by atoms with Gasteiger partial charge in [0.05, 0.1) is 25.4 Å². The molecule has 0 bridgehead atoms. The van der Waals surface area contributed by atoms with Crippen LogP contribution in [0.3, 0.4) is 0 Å². The Morgan fingerprint density at radius 1 is 1.32 bits per heavy atom. The summed E-state index contributed by atoms with van der Waals surface area (Å²) in [5.41, 5.74) is 1.05. The Labute approximate surface area is 147 Å². The minimum absolute atomic E-state index is 0.553. The standard InChI is InChI=1S/C17H25N7O/c1-22(2)16-7-15(19-12-20-16)18-8-13-9-24-5-4-23(10-17(24)21-13)14-3-6-25-11-14/h7,9,12,14H,3-6,8,10-11H2,1-2H3,(H,18,19,20). The van der Waals surface area contributed by atoms with E-state index < -0.39 is 0 Å². The second-order valence-electron chi connectivity index (χ2n) is 6.84. The summed E-state index contributed by atoms with van der Waals surface area (Å²) in [6.07, 6.45) is 4.87. The highest BCUT2D eigenvalue weighted by molar-refractivity contribution is 5.47. The summed E-state index contributed by atoms with van der Waals surface area (Å²) in [5.74, 6) is 2.84. The fourth-order valence-corrected chi connectivity index (χ4v) is 3.41. The summed E-state index contributed by atoms with van der Waals surface area (Å²) < 4.78 is 7.80. The summed E-state index contributed by atoms with van der Waals surface area (Å²) in [6, 6.07) is 2.50. The molecule has 1 saturated heterocycles. The minimum atomic E-state index is 0.553. The molecule has 2 aliphatic heterocycles. The molecule has 4 rings (SSSR count). The smallest absolute Gasteiger partial charge is 0.133 e. The van der Waals surface area contributed by atoms with Gasteiger partial charge >= 0.3 is 0 Å². The highest BCUT2D eigenvalue weighted by Crippen LogP contribution is 2.20. The average molecular weight is 343 g/mol. The second kappa shape index (κ2) is 6.97. The van der Waals surface area contributed by atoms with Gasteiger partial charge in [0.15, 0.2) is 0 Å². The van der Waals surface area contributed by atoms with E-state index in [2.05, 4.69) is 30.9 Å². The molecule has 8 heteroatoms. The van der Waals surface area contributed by atoms with Crippen molar-refractivity contribution in [2.45, 2.75) is 32.1 Å². The number of anilines is 2. The first-order chi connectivity index (χ1) is 12.2. The van der Waals surface area contributed by atoms with Crippen LogP contribution in [0.5, 0.6) is 0 Å². The van der Waals surface area contributed by atoms with E-state index in [0.29, 0.717) is 12.6 Å². The molecule has 2 aromatic heterocycles. The zero-order valence-corrected chi connectivity index (χ0v) is 14.9. The van der Waals surface area contributed by atoms with E-state index in [1.165, 1.54) is 0 Å². The largest absolute Gasteiger partial charge is 0.380 e. The Bertz CT molecular complexity index is 724. The Morgan fingerprint density at radius 3 is 3.04 bits per heavy atom. The van der Waals surface area contributed by atoms with Crippen LogP contribution in [0.4, 0.5) is 11.6 Å². The van der Waals surface area contributed by atoms with Crippen LogP contribution in [0.25, 0.3) is 0 Å². The summed E-state index contributed by atoms with van der Waals surface area (Å²) in [5, 5.41) is 3.34. The molecule has 134 valence electrons. The molecule has 2 aliphatic rings. The van der Waals surface area contributed by atoms with E-state index in [0.717, 1.165) is 62.4 Å². The number of hydrogen-bond donors (Lipinski definition) is 1. The zero-order chi connectivity index (χ0) is 17.2. The van der Waals surface area contributed by atoms with E-state index >= 15 is 0 Å². The van der Waals surface area contributed by atoms with Gasteiger partial charge in [0.25, 0.3) is 0 Å². The monoisotopic (exact) mass is 343 g/mol. The van der Waals surface area contributed by atoms with Gasteiger partial charge in [0.1, 0.15) is 23.8 Å². The van der Waals surface area contributed by atoms with Gasteiger partial charge < -0.3 is 19.5 Å². The van der Waals surface area contributed by atoms with Gasteiger partial charge in [0.2, 0.25) is 0 Å². The first-order valence-corrected chi connectivity index (χ1v) is 8.79. The Hall–Kier alpha value is -2.19. The number of fused-ring (bicyclic) bond motifs is 1. The van der Waals surface area contributed by atoms with Gasteiger partial charge in [-0.25, -0.2) is 15.0 Å². The molecule has 25 heavy (non-hydrogen) atoms. The second-order valence-corrected chi connectivity index (χ2v) is 6.84. The highest BCUT2D eigenvalue weighted by Gasteiger charge is 2.27. The van der Waals surface area contributed by atoms with Crippen molar-refractivity contribution in [2.75, 3.05) is 44.1 Å². The van der Waals surface area contributed by atoms with Crippen LogP contribution in [0.2, 0.25) is 0 Å². The predicted molar refractivity (Wildman–Crippen MR) is 95.5 cm³/mol. The summed E-state index contributed by atoms with van der Waals surface area (Å²) in [6.45, 7) is 5.39. The van der Waals surface area contributed by atoms with Crippen molar-refractivity contribution in [3.8, 4) is 0 Å². The molecule has 1 fully saturated rings. The molecular weight excluding hydrogens is 318 g/mol. The molecule has 0 aliphatic carbocycles. The first kappa shape index (κ1) is 16.3. The van der Waals surface area contributed by atoms with Gasteiger partial charge in [-0.05, 0) is 6.42 Å². The molecule has 1 N–H and O–H groups in total. The number of ether oxygens (including phenoxy) is 1. The molecule has 1 unspecified atom stereocenters. The van der Waals surface area contributed by atoms with E-state index in [4.69, 9.17) is 9.72 Å². The molecular formula is C17H25N7O. The van der Waals surface area contributed by atoms with Gasteiger partial charge in [-0.15, -0.1) is 0 Å². The van der Waals surface area contributed by atoms with Crippen molar-refractivity contribution in [3.05, 3.63) is 30.1 Å². The summed E-state index contributed by atoms with van der Waals surface area (Å²) in [7, 11) is 3.94. The van der Waals surface area contributed by atoms with E-state index in [1.54, 1.807) is 6.33 Å². The lowest BCUT2D eigenvalue weighted by Gasteiger charge is -2.31. The first-order valence-electron chi connectivity index (χ1n) is 8.79. The zero-order valence-electron chi connectivity index (χ0n) is 14.9. The molecule has 8 nitrogen and oxygen atoms in total. The Kier molecular flexibility index (Phi) is 4.54. The molecule has 2 aromatic rings. The quantitative estimate of drug-likeness (QED) is 0.867. The Morgan fingerprint density at radius 2 is 2.24 bits per heavy atom. The van der Waals surface area contributed by atoms with Crippen LogP contribution in [-0.4, -0.2) is 64.3 Å². The third kappa shape index (κ3) is 3.59. The van der Waals surface area contributed by atoms with Crippen LogP contribution in [0, 0.1) is 0 Å². The van der Waals surface area contributed by atoms with Crippen LogP contribution < -0.4 is 10.2 Å². The molecule has 0 radical (unpaired) electrons. The number of aromatic nitrogens is 4. The molecule has 4 heterocycles. The maximum Gasteiger partial charge on any atom is 0.133 e. The molecule has 0 aromatic carbocycles. The maximum atomic E-state index is 5.52. The van der Waals surface area contributed by atoms with Crippen molar-refractivity contribution in [3.63, 3.8) is 0 Å². The van der Waals surface area contributed by atoms with Crippen LogP contribution in [0.1, 0.15) is 17.9 Å². The number of hydrogen-bond acceptors (Lipinski definition) is 7. The lowest BCUT2D eigenvalue weighted by atomic mass is 10.2.